The second-order valence-corrected chi connectivity index (χ2v) is 4.46. The molecule has 0 heterocycles. The number of nitrogens with two attached hydrogens (primary N) is 1. The normalized spacial score (nSPS) is 14.0. The third kappa shape index (κ3) is 3.70. The van der Waals surface area contributed by atoms with E-state index >= 15 is 0 Å². The minimum Gasteiger partial charge on any atom is -0.351 e. The number of benzene rings is 1. The summed E-state index contributed by atoms with van der Waals surface area (Å²) in [5, 5.41) is 2.41. The number of hydrogen-bond acceptors (Lipinski definition) is 2. The summed E-state index contributed by atoms with van der Waals surface area (Å²) >= 11 is 0. The summed E-state index contributed by atoms with van der Waals surface area (Å²) in [6.45, 7) is 3.49. The molecular formula is C13H17F3N2O. The third-order valence-corrected chi connectivity index (χ3v) is 3.13. The van der Waals surface area contributed by atoms with E-state index in [1.165, 1.54) is 0 Å². The zero-order valence-corrected chi connectivity index (χ0v) is 10.8. The first-order valence-electron chi connectivity index (χ1n) is 6.04. The molecule has 1 amide bonds. The van der Waals surface area contributed by atoms with Gasteiger partial charge in [-0.25, -0.2) is 13.2 Å². The fraction of sp³-hybridized carbons (Fsp3) is 0.462. The molecule has 3 nitrogen and oxygen atoms in total. The van der Waals surface area contributed by atoms with Crippen LogP contribution in [-0.2, 0) is 11.3 Å². The Morgan fingerprint density at radius 1 is 1.32 bits per heavy atom. The Kier molecular flexibility index (Phi) is 5.35. The van der Waals surface area contributed by atoms with Crippen molar-refractivity contribution in [1.82, 2.24) is 5.32 Å². The third-order valence-electron chi connectivity index (χ3n) is 3.13. The van der Waals surface area contributed by atoms with Gasteiger partial charge in [-0.15, -0.1) is 0 Å². The van der Waals surface area contributed by atoms with Gasteiger partial charge in [0.15, 0.2) is 17.5 Å². The minimum absolute atomic E-state index is 0.0187. The molecule has 3 N–H and O–H groups in total. The highest BCUT2D eigenvalue weighted by atomic mass is 19.2. The maximum atomic E-state index is 13.3. The van der Waals surface area contributed by atoms with Crippen LogP contribution in [0.1, 0.15) is 25.8 Å². The smallest absolute Gasteiger partial charge is 0.237 e. The summed E-state index contributed by atoms with van der Waals surface area (Å²) in [6.07, 6.45) is 0.730. The molecule has 19 heavy (non-hydrogen) atoms. The number of rotatable bonds is 5. The van der Waals surface area contributed by atoms with E-state index in [2.05, 4.69) is 5.32 Å². The minimum atomic E-state index is -1.54. The Morgan fingerprint density at radius 3 is 2.53 bits per heavy atom. The predicted octanol–water partition coefficient (Wildman–Crippen LogP) is 2.09. The summed E-state index contributed by atoms with van der Waals surface area (Å²) in [6, 6.07) is 1.19. The van der Waals surface area contributed by atoms with Gasteiger partial charge in [0.2, 0.25) is 5.91 Å². The van der Waals surface area contributed by atoms with E-state index in [0.717, 1.165) is 18.6 Å². The van der Waals surface area contributed by atoms with Gasteiger partial charge in [-0.05, 0) is 12.0 Å². The summed E-state index contributed by atoms with van der Waals surface area (Å²) in [5.74, 6) is -4.56. The van der Waals surface area contributed by atoms with E-state index < -0.39 is 29.4 Å². The molecule has 0 aliphatic carbocycles. The molecule has 0 fully saturated rings. The summed E-state index contributed by atoms with van der Waals surface area (Å²) in [5.41, 5.74) is 5.57. The molecule has 1 aromatic rings. The van der Waals surface area contributed by atoms with E-state index in [4.69, 9.17) is 5.73 Å². The average molecular weight is 274 g/mol. The standard InChI is InChI=1S/C13H17F3N2O/c1-3-7(2)12(17)13(19)18-6-8-4-5-9(14)11(16)10(8)15/h4-5,7,12H,3,6,17H2,1-2H3,(H,18,19)/t7?,12-/m0/s1. The first-order chi connectivity index (χ1) is 8.88. The number of amides is 1. The maximum absolute atomic E-state index is 13.3. The van der Waals surface area contributed by atoms with Crippen LogP contribution in [0.4, 0.5) is 13.2 Å². The molecule has 0 bridgehead atoms. The Hall–Kier alpha value is -1.56. The van der Waals surface area contributed by atoms with Gasteiger partial charge in [0, 0.05) is 12.1 Å². The van der Waals surface area contributed by atoms with Crippen molar-refractivity contribution < 1.29 is 18.0 Å². The van der Waals surface area contributed by atoms with Crippen LogP contribution in [-0.4, -0.2) is 11.9 Å². The fourth-order valence-corrected chi connectivity index (χ4v) is 1.51. The number of carbonyl (C=O) groups excluding carboxylic acids is 1. The average Bonchev–Trinajstić information content (AvgIpc) is 2.41. The molecule has 0 saturated carbocycles. The molecule has 0 aliphatic heterocycles. The Balaban J connectivity index is 2.68. The topological polar surface area (TPSA) is 55.1 Å². The molecule has 0 aromatic heterocycles. The van der Waals surface area contributed by atoms with Gasteiger partial charge in [-0.3, -0.25) is 4.79 Å². The lowest BCUT2D eigenvalue weighted by atomic mass is 9.99. The largest absolute Gasteiger partial charge is 0.351 e. The summed E-state index contributed by atoms with van der Waals surface area (Å²) in [7, 11) is 0. The Bertz CT molecular complexity index is 465. The van der Waals surface area contributed by atoms with E-state index in [0.29, 0.717) is 0 Å². The first kappa shape index (κ1) is 15.5. The van der Waals surface area contributed by atoms with Gasteiger partial charge >= 0.3 is 0 Å². The monoisotopic (exact) mass is 274 g/mol. The van der Waals surface area contributed by atoms with Crippen LogP contribution in [0.15, 0.2) is 12.1 Å². The van der Waals surface area contributed by atoms with Gasteiger partial charge in [0.05, 0.1) is 6.04 Å². The zero-order chi connectivity index (χ0) is 14.6. The summed E-state index contributed by atoms with van der Waals surface area (Å²) < 4.78 is 39.0. The van der Waals surface area contributed by atoms with E-state index in [1.54, 1.807) is 0 Å². The number of hydrogen-bond donors (Lipinski definition) is 2. The van der Waals surface area contributed by atoms with Crippen molar-refractivity contribution in [2.24, 2.45) is 11.7 Å². The van der Waals surface area contributed by atoms with Crippen LogP contribution < -0.4 is 11.1 Å². The van der Waals surface area contributed by atoms with Crippen LogP contribution in [0, 0.1) is 23.4 Å². The van der Waals surface area contributed by atoms with Crippen molar-refractivity contribution >= 4 is 5.91 Å². The second kappa shape index (κ2) is 6.56. The van der Waals surface area contributed by atoms with Crippen LogP contribution in [0.2, 0.25) is 0 Å². The second-order valence-electron chi connectivity index (χ2n) is 4.46. The highest BCUT2D eigenvalue weighted by Crippen LogP contribution is 2.15. The van der Waals surface area contributed by atoms with Gasteiger partial charge in [-0.2, -0.15) is 0 Å². The van der Waals surface area contributed by atoms with E-state index in [1.807, 2.05) is 13.8 Å². The molecule has 1 unspecified atom stereocenters. The molecule has 0 spiro atoms. The lowest BCUT2D eigenvalue weighted by Crippen LogP contribution is -2.44. The van der Waals surface area contributed by atoms with Crippen molar-refractivity contribution in [3.05, 3.63) is 35.1 Å². The molecule has 1 rings (SSSR count). The fourth-order valence-electron chi connectivity index (χ4n) is 1.51. The lowest BCUT2D eigenvalue weighted by Gasteiger charge is -2.17. The van der Waals surface area contributed by atoms with Crippen LogP contribution >= 0.6 is 0 Å². The number of carbonyl (C=O) groups is 1. The van der Waals surface area contributed by atoms with E-state index in [9.17, 15) is 18.0 Å². The van der Waals surface area contributed by atoms with Crippen LogP contribution in [0.3, 0.4) is 0 Å². The van der Waals surface area contributed by atoms with Gasteiger partial charge in [0.25, 0.3) is 0 Å². The molecule has 2 atom stereocenters. The molecule has 6 heteroatoms. The van der Waals surface area contributed by atoms with Gasteiger partial charge < -0.3 is 11.1 Å². The molecule has 0 saturated heterocycles. The van der Waals surface area contributed by atoms with Gasteiger partial charge in [0.1, 0.15) is 0 Å². The van der Waals surface area contributed by atoms with Crippen molar-refractivity contribution in [2.45, 2.75) is 32.9 Å². The van der Waals surface area contributed by atoms with Gasteiger partial charge in [-0.1, -0.05) is 26.3 Å². The quantitative estimate of drug-likeness (QED) is 0.808. The van der Waals surface area contributed by atoms with Crippen LogP contribution in [0.5, 0.6) is 0 Å². The zero-order valence-electron chi connectivity index (χ0n) is 10.8. The predicted molar refractivity (Wildman–Crippen MR) is 65.6 cm³/mol. The Morgan fingerprint density at radius 2 is 1.95 bits per heavy atom. The molecule has 0 radical (unpaired) electrons. The number of nitrogens with one attached hydrogen (secondary N) is 1. The SMILES string of the molecule is CCC(C)[C@H](N)C(=O)NCc1ccc(F)c(F)c1F. The number of halogens is 3. The highest BCUT2D eigenvalue weighted by molar-refractivity contribution is 5.81. The Labute approximate surface area is 110 Å². The molecule has 0 aliphatic rings. The van der Waals surface area contributed by atoms with Crippen molar-refractivity contribution in [2.75, 3.05) is 0 Å². The van der Waals surface area contributed by atoms with Crippen molar-refractivity contribution in [1.29, 1.82) is 0 Å². The van der Waals surface area contributed by atoms with Crippen molar-refractivity contribution in [3.8, 4) is 0 Å². The van der Waals surface area contributed by atoms with Crippen molar-refractivity contribution in [3.63, 3.8) is 0 Å². The first-order valence-corrected chi connectivity index (χ1v) is 6.04. The molecule has 106 valence electrons. The van der Waals surface area contributed by atoms with E-state index in [-0.39, 0.29) is 18.0 Å². The van der Waals surface area contributed by atoms with Crippen LogP contribution in [0.25, 0.3) is 0 Å². The maximum Gasteiger partial charge on any atom is 0.237 e. The molecular weight excluding hydrogens is 257 g/mol. The lowest BCUT2D eigenvalue weighted by molar-refractivity contribution is -0.123. The highest BCUT2D eigenvalue weighted by Gasteiger charge is 2.20. The summed E-state index contributed by atoms with van der Waals surface area (Å²) in [4.78, 5) is 11.7. The molecule has 1 aromatic carbocycles.